The van der Waals surface area contributed by atoms with Gasteiger partial charge in [0.05, 0.1) is 17.5 Å². The average Bonchev–Trinajstić information content (AvgIpc) is 2.89. The van der Waals surface area contributed by atoms with Crippen LogP contribution in [0.5, 0.6) is 0 Å². The second kappa shape index (κ2) is 11.2. The lowest BCUT2D eigenvalue weighted by atomic mass is 9.80. The number of para-hydroxylation sites is 1. The van der Waals surface area contributed by atoms with E-state index in [9.17, 15) is 9.90 Å². The number of rotatable bonds is 8. The zero-order valence-corrected chi connectivity index (χ0v) is 22.2. The molecule has 37 heavy (non-hydrogen) atoms. The maximum atomic E-state index is 11.6. The van der Waals surface area contributed by atoms with Crippen molar-refractivity contribution in [1.82, 2.24) is 10.2 Å². The lowest BCUT2D eigenvalue weighted by Gasteiger charge is -2.38. The molecule has 0 radical (unpaired) electrons. The molecule has 4 rings (SSSR count). The van der Waals surface area contributed by atoms with Gasteiger partial charge < -0.3 is 26.4 Å². The van der Waals surface area contributed by atoms with Crippen LogP contribution >= 0.6 is 0 Å². The lowest BCUT2D eigenvalue weighted by molar-refractivity contribution is -0.150. The number of anilines is 2. The number of carbonyl (C=O) groups is 1. The van der Waals surface area contributed by atoms with Gasteiger partial charge in [-0.2, -0.15) is 0 Å². The van der Waals surface area contributed by atoms with Gasteiger partial charge in [0.2, 0.25) is 0 Å². The maximum Gasteiger partial charge on any atom is 0.309 e. The maximum absolute atomic E-state index is 11.6. The zero-order chi connectivity index (χ0) is 26.6. The number of hydrogen-bond acceptors (Lipinski definition) is 7. The monoisotopic (exact) mass is 502 g/mol. The Kier molecular flexibility index (Phi) is 7.97. The number of aryl methyl sites for hydroxylation is 1. The molecule has 1 saturated heterocycles. The van der Waals surface area contributed by atoms with Crippen LogP contribution in [-0.4, -0.2) is 61.6 Å². The summed E-state index contributed by atoms with van der Waals surface area (Å²) in [6, 6.07) is 12.3. The summed E-state index contributed by atoms with van der Waals surface area (Å²) < 4.78 is 0. The van der Waals surface area contributed by atoms with Crippen molar-refractivity contribution >= 4 is 29.8 Å². The molecule has 2 atom stereocenters. The third kappa shape index (κ3) is 5.54. The number of nitrogens with one attached hydrogen (secondary N) is 2. The summed E-state index contributed by atoms with van der Waals surface area (Å²) in [5.41, 5.74) is 11.7. The Labute approximate surface area is 219 Å². The van der Waals surface area contributed by atoms with Crippen LogP contribution < -0.4 is 16.4 Å². The third-order valence-corrected chi connectivity index (χ3v) is 7.63. The van der Waals surface area contributed by atoms with E-state index < -0.39 is 11.4 Å². The lowest BCUT2D eigenvalue weighted by Crippen LogP contribution is -2.42. The van der Waals surface area contributed by atoms with Gasteiger partial charge in [0.1, 0.15) is 5.82 Å². The second-order valence-corrected chi connectivity index (χ2v) is 10.2. The number of carboxylic acid groups (broad SMARTS) is 1. The molecular weight excluding hydrogens is 464 g/mol. The molecular formula is C29H38N6O2. The Morgan fingerprint density at radius 3 is 2.57 bits per heavy atom. The van der Waals surface area contributed by atoms with Crippen LogP contribution in [0.3, 0.4) is 0 Å². The van der Waals surface area contributed by atoms with Crippen LogP contribution in [0.4, 0.5) is 11.4 Å². The fourth-order valence-corrected chi connectivity index (χ4v) is 5.19. The van der Waals surface area contributed by atoms with Crippen molar-refractivity contribution in [3.8, 4) is 0 Å². The SMILES string of the molecule is CN=Cc1c(N)cccc1C(NC)c1cccc(C)c1NC1C=NC(N2CCC(C)(C(=O)O)CC2)=CC1. The zero-order valence-electron chi connectivity index (χ0n) is 22.2. The number of benzene rings is 2. The van der Waals surface area contributed by atoms with Crippen LogP contribution in [0.2, 0.25) is 0 Å². The van der Waals surface area contributed by atoms with E-state index in [-0.39, 0.29) is 12.1 Å². The first kappa shape index (κ1) is 26.4. The van der Waals surface area contributed by atoms with Crippen LogP contribution in [0, 0.1) is 12.3 Å². The molecule has 8 nitrogen and oxygen atoms in total. The number of hydrogen-bond donors (Lipinski definition) is 4. The molecule has 0 aliphatic carbocycles. The smallest absolute Gasteiger partial charge is 0.309 e. The predicted molar refractivity (Wildman–Crippen MR) is 152 cm³/mol. The quantitative estimate of drug-likeness (QED) is 0.317. The Morgan fingerprint density at radius 1 is 1.24 bits per heavy atom. The molecule has 2 aromatic rings. The van der Waals surface area contributed by atoms with E-state index in [1.807, 2.05) is 38.5 Å². The van der Waals surface area contributed by atoms with Crippen molar-refractivity contribution in [2.75, 3.05) is 38.2 Å². The summed E-state index contributed by atoms with van der Waals surface area (Å²) in [5.74, 6) is 0.227. The standard InChI is InChI=1S/C29H38N6O2/c1-19-7-5-9-22(27(32-4)21-8-6-10-24(30)23(21)18-31-3)26(19)34-20-11-12-25(33-17-20)35-15-13-29(2,14-16-35)28(36)37/h5-10,12,17-18,20,27,32,34H,11,13-16,30H2,1-4H3,(H,36,37). The van der Waals surface area contributed by atoms with Gasteiger partial charge in [-0.05, 0) is 69.0 Å². The van der Waals surface area contributed by atoms with Gasteiger partial charge in [-0.3, -0.25) is 9.79 Å². The highest BCUT2D eigenvalue weighted by atomic mass is 16.4. The van der Waals surface area contributed by atoms with Crippen molar-refractivity contribution in [2.45, 2.75) is 45.2 Å². The number of nitrogen functional groups attached to an aromatic ring is 1. The van der Waals surface area contributed by atoms with Crippen molar-refractivity contribution in [1.29, 1.82) is 0 Å². The molecule has 5 N–H and O–H groups in total. The number of aliphatic carboxylic acids is 1. The molecule has 1 fully saturated rings. The Hall–Kier alpha value is -3.65. The Morgan fingerprint density at radius 2 is 1.95 bits per heavy atom. The summed E-state index contributed by atoms with van der Waals surface area (Å²) in [6.07, 6.45) is 8.00. The van der Waals surface area contributed by atoms with Crippen LogP contribution in [0.1, 0.15) is 54.5 Å². The Balaban J connectivity index is 1.53. The molecule has 2 aliphatic heterocycles. The van der Waals surface area contributed by atoms with E-state index in [0.717, 1.165) is 40.2 Å². The summed E-state index contributed by atoms with van der Waals surface area (Å²) >= 11 is 0. The van der Waals surface area contributed by atoms with Gasteiger partial charge >= 0.3 is 5.97 Å². The first-order chi connectivity index (χ1) is 17.8. The van der Waals surface area contributed by atoms with E-state index in [1.165, 1.54) is 0 Å². The molecule has 0 spiro atoms. The summed E-state index contributed by atoms with van der Waals surface area (Å²) in [7, 11) is 3.71. The highest BCUT2D eigenvalue weighted by molar-refractivity contribution is 5.89. The van der Waals surface area contributed by atoms with Gasteiger partial charge in [-0.15, -0.1) is 0 Å². The van der Waals surface area contributed by atoms with Gasteiger partial charge in [0, 0.05) is 49.5 Å². The van der Waals surface area contributed by atoms with Gasteiger partial charge in [-0.25, -0.2) is 4.99 Å². The molecule has 2 aliphatic rings. The molecule has 8 heteroatoms. The fraction of sp³-hybridized carbons (Fsp3) is 0.414. The van der Waals surface area contributed by atoms with Crippen molar-refractivity contribution in [2.24, 2.45) is 15.4 Å². The molecule has 0 saturated carbocycles. The van der Waals surface area contributed by atoms with E-state index in [2.05, 4.69) is 57.8 Å². The first-order valence-electron chi connectivity index (χ1n) is 12.8. The minimum absolute atomic E-state index is 0.0488. The van der Waals surface area contributed by atoms with E-state index in [1.54, 1.807) is 7.05 Å². The molecule has 196 valence electrons. The molecule has 2 heterocycles. The fourth-order valence-electron chi connectivity index (χ4n) is 5.19. The number of carboxylic acids is 1. The molecule has 0 aromatic heterocycles. The molecule has 2 aromatic carbocycles. The van der Waals surface area contributed by atoms with Crippen molar-refractivity contribution in [3.63, 3.8) is 0 Å². The summed E-state index contributed by atoms with van der Waals surface area (Å²) in [6.45, 7) is 5.37. The first-order valence-corrected chi connectivity index (χ1v) is 12.8. The average molecular weight is 503 g/mol. The molecule has 0 bridgehead atoms. The minimum atomic E-state index is -0.710. The van der Waals surface area contributed by atoms with Crippen LogP contribution in [0.15, 0.2) is 58.3 Å². The predicted octanol–water partition coefficient (Wildman–Crippen LogP) is 4.22. The van der Waals surface area contributed by atoms with Gasteiger partial charge in [0.25, 0.3) is 0 Å². The summed E-state index contributed by atoms with van der Waals surface area (Å²) in [4.78, 5) is 22.8. The number of nitrogens with two attached hydrogens (primary N) is 1. The second-order valence-electron chi connectivity index (χ2n) is 10.2. The number of nitrogens with zero attached hydrogens (tertiary/aromatic N) is 3. The highest BCUT2D eigenvalue weighted by Crippen LogP contribution is 2.35. The topological polar surface area (TPSA) is 115 Å². The number of piperidine rings is 1. The van der Waals surface area contributed by atoms with Crippen LogP contribution in [0.25, 0.3) is 0 Å². The minimum Gasteiger partial charge on any atom is -0.481 e. The third-order valence-electron chi connectivity index (χ3n) is 7.63. The van der Waals surface area contributed by atoms with Gasteiger partial charge in [-0.1, -0.05) is 30.3 Å². The van der Waals surface area contributed by atoms with Crippen molar-refractivity contribution < 1.29 is 9.90 Å². The van der Waals surface area contributed by atoms with Crippen LogP contribution in [-0.2, 0) is 4.79 Å². The summed E-state index contributed by atoms with van der Waals surface area (Å²) in [5, 5.41) is 16.7. The largest absolute Gasteiger partial charge is 0.481 e. The van der Waals surface area contributed by atoms with Gasteiger partial charge in [0.15, 0.2) is 0 Å². The van der Waals surface area contributed by atoms with Crippen molar-refractivity contribution in [3.05, 3.63) is 70.5 Å². The molecule has 2 unspecified atom stereocenters. The number of aliphatic imine (C=N–C) groups is 2. The Bertz CT molecular complexity index is 1230. The van der Waals surface area contributed by atoms with E-state index in [0.29, 0.717) is 31.6 Å². The van der Waals surface area contributed by atoms with E-state index in [4.69, 9.17) is 10.7 Å². The normalized spacial score (nSPS) is 20.1. The van der Waals surface area contributed by atoms with E-state index >= 15 is 0 Å². The number of likely N-dealkylation sites (tertiary alicyclic amines) is 1. The highest BCUT2D eigenvalue weighted by Gasteiger charge is 2.37. The molecule has 0 amide bonds.